The topological polar surface area (TPSA) is 70.2 Å². The van der Waals surface area contributed by atoms with E-state index in [1.807, 2.05) is 0 Å². The molecular formula is C21H24F3N3O2. The molecule has 0 aliphatic carbocycles. The van der Waals surface area contributed by atoms with Crippen molar-refractivity contribution in [1.29, 1.82) is 0 Å². The van der Waals surface area contributed by atoms with Gasteiger partial charge in [-0.3, -0.25) is 15.0 Å². The normalized spacial score (nSPS) is 11.8. The first-order valence-electron chi connectivity index (χ1n) is 9.00. The summed E-state index contributed by atoms with van der Waals surface area (Å²) < 4.78 is 38.4. The summed E-state index contributed by atoms with van der Waals surface area (Å²) in [6, 6.07) is 9.85. The average molecular weight is 407 g/mol. The molecule has 5 nitrogen and oxygen atoms in total. The van der Waals surface area contributed by atoms with E-state index in [4.69, 9.17) is 0 Å². The highest BCUT2D eigenvalue weighted by molar-refractivity contribution is 6.05. The van der Waals surface area contributed by atoms with Crippen LogP contribution in [0.5, 0.6) is 0 Å². The predicted octanol–water partition coefficient (Wildman–Crippen LogP) is 4.43. The SMILES string of the molecule is Cc1cccc(C(=O)NNCc2cccc(C(F)(F)F)c2)c1NC(=O)C(C)(C)C. The number of halogens is 3. The number of hydrogen-bond donors (Lipinski definition) is 3. The van der Waals surface area contributed by atoms with E-state index in [1.165, 1.54) is 12.1 Å². The van der Waals surface area contributed by atoms with Crippen molar-refractivity contribution in [3.63, 3.8) is 0 Å². The van der Waals surface area contributed by atoms with Gasteiger partial charge in [0.2, 0.25) is 5.91 Å². The molecule has 0 heterocycles. The summed E-state index contributed by atoms with van der Waals surface area (Å²) in [6.45, 7) is 7.06. The van der Waals surface area contributed by atoms with E-state index in [9.17, 15) is 22.8 Å². The first-order chi connectivity index (χ1) is 13.4. The molecular weight excluding hydrogens is 383 g/mol. The van der Waals surface area contributed by atoms with E-state index in [-0.39, 0.29) is 18.0 Å². The van der Waals surface area contributed by atoms with Crippen LogP contribution in [0.1, 0.15) is 47.8 Å². The van der Waals surface area contributed by atoms with Crippen LogP contribution in [0.4, 0.5) is 18.9 Å². The van der Waals surface area contributed by atoms with Gasteiger partial charge in [-0.2, -0.15) is 13.2 Å². The Kier molecular flexibility index (Phi) is 6.69. The van der Waals surface area contributed by atoms with Gasteiger partial charge >= 0.3 is 6.18 Å². The van der Waals surface area contributed by atoms with Crippen molar-refractivity contribution in [3.8, 4) is 0 Å². The van der Waals surface area contributed by atoms with E-state index in [2.05, 4.69) is 16.2 Å². The lowest BCUT2D eigenvalue weighted by molar-refractivity contribution is -0.137. The molecule has 0 unspecified atom stereocenters. The molecule has 0 aliphatic heterocycles. The number of anilines is 1. The molecule has 0 spiro atoms. The Morgan fingerprint density at radius 3 is 2.28 bits per heavy atom. The molecule has 0 atom stereocenters. The number of amides is 2. The molecule has 0 bridgehead atoms. The third kappa shape index (κ3) is 6.05. The van der Waals surface area contributed by atoms with Gasteiger partial charge < -0.3 is 5.32 Å². The number of carbonyl (C=O) groups is 2. The smallest absolute Gasteiger partial charge is 0.325 e. The second-order valence-electron chi connectivity index (χ2n) is 7.71. The summed E-state index contributed by atoms with van der Waals surface area (Å²) in [6.07, 6.45) is -4.43. The third-order valence-corrected chi connectivity index (χ3v) is 4.19. The third-order valence-electron chi connectivity index (χ3n) is 4.19. The van der Waals surface area contributed by atoms with Crippen LogP contribution in [0.2, 0.25) is 0 Å². The molecule has 2 rings (SSSR count). The lowest BCUT2D eigenvalue weighted by Gasteiger charge is -2.20. The monoisotopic (exact) mass is 407 g/mol. The number of rotatable bonds is 5. The second-order valence-corrected chi connectivity index (χ2v) is 7.71. The molecule has 156 valence electrons. The van der Waals surface area contributed by atoms with Crippen molar-refractivity contribution in [2.75, 3.05) is 5.32 Å². The van der Waals surface area contributed by atoms with Crippen LogP contribution >= 0.6 is 0 Å². The lowest BCUT2D eigenvalue weighted by atomic mass is 9.95. The molecule has 29 heavy (non-hydrogen) atoms. The quantitative estimate of drug-likeness (QED) is 0.642. The van der Waals surface area contributed by atoms with Crippen molar-refractivity contribution in [2.24, 2.45) is 5.41 Å². The Morgan fingerprint density at radius 1 is 1.00 bits per heavy atom. The van der Waals surface area contributed by atoms with E-state index in [1.54, 1.807) is 45.9 Å². The zero-order chi connectivity index (χ0) is 21.8. The summed E-state index contributed by atoms with van der Waals surface area (Å²) in [5, 5.41) is 2.78. The first kappa shape index (κ1) is 22.4. The maximum absolute atomic E-state index is 12.8. The number of nitrogens with one attached hydrogen (secondary N) is 3. The largest absolute Gasteiger partial charge is 0.416 e. The summed E-state index contributed by atoms with van der Waals surface area (Å²) in [5.74, 6) is -0.748. The molecule has 8 heteroatoms. The molecule has 2 aromatic rings. The van der Waals surface area contributed by atoms with Crippen LogP contribution < -0.4 is 16.2 Å². The van der Waals surface area contributed by atoms with Crippen molar-refractivity contribution in [1.82, 2.24) is 10.9 Å². The van der Waals surface area contributed by atoms with E-state index >= 15 is 0 Å². The molecule has 0 radical (unpaired) electrons. The Labute approximate surface area is 167 Å². The highest BCUT2D eigenvalue weighted by Crippen LogP contribution is 2.29. The lowest BCUT2D eigenvalue weighted by Crippen LogP contribution is -2.38. The van der Waals surface area contributed by atoms with Crippen LogP contribution in [0.25, 0.3) is 0 Å². The minimum absolute atomic E-state index is 0.00512. The van der Waals surface area contributed by atoms with E-state index in [0.717, 1.165) is 12.1 Å². The van der Waals surface area contributed by atoms with Crippen molar-refractivity contribution in [3.05, 3.63) is 64.7 Å². The van der Waals surface area contributed by atoms with Crippen LogP contribution in [0, 0.1) is 12.3 Å². The maximum Gasteiger partial charge on any atom is 0.416 e. The molecule has 2 amide bonds. The number of benzene rings is 2. The number of hydrazine groups is 1. The molecule has 0 fully saturated rings. The van der Waals surface area contributed by atoms with E-state index < -0.39 is 23.1 Å². The van der Waals surface area contributed by atoms with Gasteiger partial charge in [-0.25, -0.2) is 5.43 Å². The molecule has 0 aliphatic rings. The number of para-hydroxylation sites is 1. The number of alkyl halides is 3. The highest BCUT2D eigenvalue weighted by Gasteiger charge is 2.30. The minimum Gasteiger partial charge on any atom is -0.325 e. The number of hydrogen-bond acceptors (Lipinski definition) is 3. The van der Waals surface area contributed by atoms with Gasteiger partial charge in [-0.1, -0.05) is 51.1 Å². The van der Waals surface area contributed by atoms with Gasteiger partial charge in [0.1, 0.15) is 0 Å². The van der Waals surface area contributed by atoms with Crippen molar-refractivity contribution < 1.29 is 22.8 Å². The van der Waals surface area contributed by atoms with Gasteiger partial charge in [0, 0.05) is 12.0 Å². The highest BCUT2D eigenvalue weighted by atomic mass is 19.4. The summed E-state index contributed by atoms with van der Waals surface area (Å²) >= 11 is 0. The molecule has 0 saturated heterocycles. The Balaban J connectivity index is 2.08. The number of carbonyl (C=O) groups excluding carboxylic acids is 2. The van der Waals surface area contributed by atoms with Crippen LogP contribution in [0.15, 0.2) is 42.5 Å². The fraction of sp³-hybridized carbons (Fsp3) is 0.333. The summed E-state index contributed by atoms with van der Waals surface area (Å²) in [4.78, 5) is 24.9. The zero-order valence-corrected chi connectivity index (χ0v) is 16.7. The standard InChI is InChI=1S/C21H24F3N3O2/c1-13-7-5-10-16(17(13)26-19(29)20(2,3)4)18(28)27-25-12-14-8-6-9-15(11-14)21(22,23)24/h5-11,25H,12H2,1-4H3,(H,26,29)(H,27,28). The van der Waals surface area contributed by atoms with Crippen molar-refractivity contribution in [2.45, 2.75) is 40.4 Å². The zero-order valence-electron chi connectivity index (χ0n) is 16.7. The Morgan fingerprint density at radius 2 is 1.66 bits per heavy atom. The minimum atomic E-state index is -4.43. The second kappa shape index (κ2) is 8.65. The fourth-order valence-corrected chi connectivity index (χ4v) is 2.48. The molecule has 3 N–H and O–H groups in total. The predicted molar refractivity (Wildman–Crippen MR) is 105 cm³/mol. The maximum atomic E-state index is 12.8. The number of aryl methyl sites for hydroxylation is 1. The molecule has 2 aromatic carbocycles. The Hall–Kier alpha value is -2.87. The fourth-order valence-electron chi connectivity index (χ4n) is 2.48. The van der Waals surface area contributed by atoms with Crippen LogP contribution in [0.3, 0.4) is 0 Å². The van der Waals surface area contributed by atoms with Gasteiger partial charge in [-0.15, -0.1) is 0 Å². The van der Waals surface area contributed by atoms with Gasteiger partial charge in [0.05, 0.1) is 16.8 Å². The average Bonchev–Trinajstić information content (AvgIpc) is 2.62. The summed E-state index contributed by atoms with van der Waals surface area (Å²) in [5.41, 5.74) is 5.42. The van der Waals surface area contributed by atoms with Gasteiger partial charge in [-0.05, 0) is 30.2 Å². The molecule has 0 aromatic heterocycles. The van der Waals surface area contributed by atoms with Crippen LogP contribution in [-0.2, 0) is 17.5 Å². The van der Waals surface area contributed by atoms with Gasteiger partial charge in [0.25, 0.3) is 5.91 Å². The van der Waals surface area contributed by atoms with Gasteiger partial charge in [0.15, 0.2) is 0 Å². The van der Waals surface area contributed by atoms with Crippen LogP contribution in [-0.4, -0.2) is 11.8 Å². The first-order valence-corrected chi connectivity index (χ1v) is 9.00. The summed E-state index contributed by atoms with van der Waals surface area (Å²) in [7, 11) is 0. The Bertz CT molecular complexity index is 903. The van der Waals surface area contributed by atoms with E-state index in [0.29, 0.717) is 16.8 Å². The molecule has 0 saturated carbocycles. The van der Waals surface area contributed by atoms with Crippen molar-refractivity contribution >= 4 is 17.5 Å².